The summed E-state index contributed by atoms with van der Waals surface area (Å²) in [5.74, 6) is 0.771. The largest absolute Gasteiger partial charge is 0.388 e. The van der Waals surface area contributed by atoms with Gasteiger partial charge in [-0.25, -0.2) is 0 Å². The van der Waals surface area contributed by atoms with Crippen LogP contribution in [-0.2, 0) is 0 Å². The van der Waals surface area contributed by atoms with Crippen molar-refractivity contribution in [1.82, 2.24) is 0 Å². The summed E-state index contributed by atoms with van der Waals surface area (Å²) in [5, 5.41) is 12.1. The van der Waals surface area contributed by atoms with Gasteiger partial charge < -0.3 is 5.11 Å². The van der Waals surface area contributed by atoms with Gasteiger partial charge >= 0.3 is 0 Å². The van der Waals surface area contributed by atoms with Crippen LogP contribution in [0.1, 0.15) is 48.6 Å². The summed E-state index contributed by atoms with van der Waals surface area (Å²) in [4.78, 5) is 1.15. The van der Waals surface area contributed by atoms with Crippen LogP contribution >= 0.6 is 11.3 Å². The zero-order valence-electron chi connectivity index (χ0n) is 8.70. The summed E-state index contributed by atoms with van der Waals surface area (Å²) in [6, 6.07) is 2.12. The fourth-order valence-corrected chi connectivity index (χ4v) is 3.20. The summed E-state index contributed by atoms with van der Waals surface area (Å²) in [6.45, 7) is 2.09. The summed E-state index contributed by atoms with van der Waals surface area (Å²) >= 11 is 1.69. The molecule has 78 valence electrons. The molecule has 1 nitrogen and oxygen atoms in total. The molecule has 1 atom stereocenters. The van der Waals surface area contributed by atoms with E-state index in [1.807, 2.05) is 0 Å². The molecular formula is C12H18OS. The molecule has 0 radical (unpaired) electrons. The first-order chi connectivity index (χ1) is 6.75. The van der Waals surface area contributed by atoms with Gasteiger partial charge in [0, 0.05) is 4.88 Å². The van der Waals surface area contributed by atoms with Gasteiger partial charge in [-0.3, -0.25) is 0 Å². The van der Waals surface area contributed by atoms with E-state index < -0.39 is 0 Å². The van der Waals surface area contributed by atoms with Crippen molar-refractivity contribution in [3.05, 3.63) is 21.9 Å². The minimum atomic E-state index is -0.211. The summed E-state index contributed by atoms with van der Waals surface area (Å²) in [5.41, 5.74) is 1.27. The molecule has 2 rings (SSSR count). The lowest BCUT2D eigenvalue weighted by Gasteiger charge is -2.13. The standard InChI is InChI=1S/C12H18OS/c1-9-6-12(14-8-9)11(13)7-10-4-2-3-5-10/h6,8,10-11,13H,2-5,7H2,1H3. The van der Waals surface area contributed by atoms with Crippen LogP contribution < -0.4 is 0 Å². The first-order valence-corrected chi connectivity index (χ1v) is 6.37. The van der Waals surface area contributed by atoms with E-state index in [2.05, 4.69) is 18.4 Å². The van der Waals surface area contributed by atoms with Crippen LogP contribution in [0.25, 0.3) is 0 Å². The molecule has 1 aliphatic rings. The van der Waals surface area contributed by atoms with E-state index in [9.17, 15) is 5.11 Å². The molecule has 1 N–H and O–H groups in total. The van der Waals surface area contributed by atoms with Crippen LogP contribution in [-0.4, -0.2) is 5.11 Å². The molecule has 1 aromatic rings. The van der Waals surface area contributed by atoms with Crippen molar-refractivity contribution in [3.8, 4) is 0 Å². The van der Waals surface area contributed by atoms with E-state index >= 15 is 0 Å². The quantitative estimate of drug-likeness (QED) is 0.807. The molecule has 0 aromatic carbocycles. The van der Waals surface area contributed by atoms with Gasteiger partial charge in [-0.2, -0.15) is 0 Å². The maximum Gasteiger partial charge on any atom is 0.0884 e. The SMILES string of the molecule is Cc1csc(C(O)CC2CCCC2)c1. The Morgan fingerprint density at radius 2 is 2.21 bits per heavy atom. The lowest BCUT2D eigenvalue weighted by molar-refractivity contribution is 0.148. The van der Waals surface area contributed by atoms with Gasteiger partial charge in [-0.05, 0) is 36.3 Å². The number of aliphatic hydroxyl groups excluding tert-OH is 1. The van der Waals surface area contributed by atoms with Crippen molar-refractivity contribution < 1.29 is 5.11 Å². The topological polar surface area (TPSA) is 20.2 Å². The second kappa shape index (κ2) is 4.45. The molecule has 0 spiro atoms. The van der Waals surface area contributed by atoms with Crippen molar-refractivity contribution in [3.63, 3.8) is 0 Å². The Kier molecular flexibility index (Phi) is 3.24. The zero-order valence-corrected chi connectivity index (χ0v) is 9.52. The average molecular weight is 210 g/mol. The molecule has 0 amide bonds. The average Bonchev–Trinajstić information content (AvgIpc) is 2.75. The third kappa shape index (κ3) is 2.37. The van der Waals surface area contributed by atoms with E-state index in [0.29, 0.717) is 0 Å². The van der Waals surface area contributed by atoms with Crippen LogP contribution in [0.15, 0.2) is 11.4 Å². The molecule has 1 aliphatic carbocycles. The van der Waals surface area contributed by atoms with Gasteiger partial charge in [0.2, 0.25) is 0 Å². The summed E-state index contributed by atoms with van der Waals surface area (Å²) in [6.07, 6.45) is 6.13. The Morgan fingerprint density at radius 1 is 1.50 bits per heavy atom. The number of rotatable bonds is 3. The van der Waals surface area contributed by atoms with E-state index in [1.165, 1.54) is 31.2 Å². The third-order valence-corrected chi connectivity index (χ3v) is 4.26. The van der Waals surface area contributed by atoms with Gasteiger partial charge in [-0.1, -0.05) is 25.7 Å². The van der Waals surface area contributed by atoms with Gasteiger partial charge in [0.25, 0.3) is 0 Å². The van der Waals surface area contributed by atoms with Crippen molar-refractivity contribution >= 4 is 11.3 Å². The fourth-order valence-electron chi connectivity index (χ4n) is 2.31. The number of aliphatic hydroxyl groups is 1. The first-order valence-electron chi connectivity index (χ1n) is 5.49. The Balaban J connectivity index is 1.91. The lowest BCUT2D eigenvalue weighted by Crippen LogP contribution is -2.02. The normalized spacial score (nSPS) is 20.1. The molecule has 0 aliphatic heterocycles. The van der Waals surface area contributed by atoms with Crippen molar-refractivity contribution in [2.24, 2.45) is 5.92 Å². The van der Waals surface area contributed by atoms with Gasteiger partial charge in [0.05, 0.1) is 6.10 Å². The zero-order chi connectivity index (χ0) is 9.97. The maximum atomic E-state index is 10.0. The Morgan fingerprint density at radius 3 is 2.79 bits per heavy atom. The highest BCUT2D eigenvalue weighted by Gasteiger charge is 2.20. The number of hydrogen-bond donors (Lipinski definition) is 1. The number of aryl methyl sites for hydroxylation is 1. The Bertz CT molecular complexity index is 286. The fraction of sp³-hybridized carbons (Fsp3) is 0.667. The molecule has 1 aromatic heterocycles. The molecule has 2 heteroatoms. The second-order valence-electron chi connectivity index (χ2n) is 4.43. The maximum absolute atomic E-state index is 10.0. The monoisotopic (exact) mass is 210 g/mol. The minimum absolute atomic E-state index is 0.211. The van der Waals surface area contributed by atoms with Crippen molar-refractivity contribution in [1.29, 1.82) is 0 Å². The first kappa shape index (κ1) is 10.2. The third-order valence-electron chi connectivity index (χ3n) is 3.11. The predicted octanol–water partition coefficient (Wildman–Crippen LogP) is 3.67. The number of thiophene rings is 1. The summed E-state index contributed by atoms with van der Waals surface area (Å²) in [7, 11) is 0. The van der Waals surface area contributed by atoms with Crippen LogP contribution in [0.4, 0.5) is 0 Å². The molecule has 0 saturated heterocycles. The predicted molar refractivity (Wildman–Crippen MR) is 60.6 cm³/mol. The number of hydrogen-bond acceptors (Lipinski definition) is 2. The lowest BCUT2D eigenvalue weighted by atomic mass is 9.99. The minimum Gasteiger partial charge on any atom is -0.388 e. The van der Waals surface area contributed by atoms with E-state index in [0.717, 1.165) is 17.2 Å². The molecule has 1 saturated carbocycles. The van der Waals surface area contributed by atoms with Crippen LogP contribution in [0.2, 0.25) is 0 Å². The van der Waals surface area contributed by atoms with Crippen molar-refractivity contribution in [2.45, 2.75) is 45.1 Å². The van der Waals surface area contributed by atoms with E-state index in [4.69, 9.17) is 0 Å². The Labute approximate surface area is 89.8 Å². The molecule has 1 unspecified atom stereocenters. The van der Waals surface area contributed by atoms with Crippen molar-refractivity contribution in [2.75, 3.05) is 0 Å². The van der Waals surface area contributed by atoms with Crippen LogP contribution in [0.5, 0.6) is 0 Å². The van der Waals surface area contributed by atoms with Gasteiger partial charge in [-0.15, -0.1) is 11.3 Å². The van der Waals surface area contributed by atoms with Crippen LogP contribution in [0, 0.1) is 12.8 Å². The van der Waals surface area contributed by atoms with Gasteiger partial charge in [0.15, 0.2) is 0 Å². The van der Waals surface area contributed by atoms with Gasteiger partial charge in [0.1, 0.15) is 0 Å². The molecule has 1 heterocycles. The highest BCUT2D eigenvalue weighted by molar-refractivity contribution is 7.10. The summed E-state index contributed by atoms with van der Waals surface area (Å²) < 4.78 is 0. The molecule has 14 heavy (non-hydrogen) atoms. The highest BCUT2D eigenvalue weighted by Crippen LogP contribution is 2.34. The molecule has 0 bridgehead atoms. The smallest absolute Gasteiger partial charge is 0.0884 e. The van der Waals surface area contributed by atoms with E-state index in [1.54, 1.807) is 11.3 Å². The molecule has 1 fully saturated rings. The second-order valence-corrected chi connectivity index (χ2v) is 5.37. The highest BCUT2D eigenvalue weighted by atomic mass is 32.1. The molecular weight excluding hydrogens is 192 g/mol. The van der Waals surface area contributed by atoms with E-state index in [-0.39, 0.29) is 6.10 Å². The Hall–Kier alpha value is -0.340. The van der Waals surface area contributed by atoms with Crippen LogP contribution in [0.3, 0.4) is 0 Å².